The Morgan fingerprint density at radius 2 is 1.89 bits per heavy atom. The highest BCUT2D eigenvalue weighted by Crippen LogP contribution is 2.14. The van der Waals surface area contributed by atoms with Crippen LogP contribution in [0.4, 0.5) is 11.4 Å². The zero-order valence-electron chi connectivity index (χ0n) is 10.4. The lowest BCUT2D eigenvalue weighted by molar-refractivity contribution is 0.661. The van der Waals surface area contributed by atoms with Crippen LogP contribution in [0.3, 0.4) is 0 Å². The van der Waals surface area contributed by atoms with E-state index in [-0.39, 0.29) is 5.56 Å². The van der Waals surface area contributed by atoms with Crippen LogP contribution < -0.4 is 16.2 Å². The van der Waals surface area contributed by atoms with Gasteiger partial charge in [0.15, 0.2) is 0 Å². The summed E-state index contributed by atoms with van der Waals surface area (Å²) in [6.07, 6.45) is 1.80. The fraction of sp³-hybridized carbons (Fsp3) is 0.214. The van der Waals surface area contributed by atoms with Crippen molar-refractivity contribution >= 4 is 11.4 Å². The average Bonchev–Trinajstić information content (AvgIpc) is 2.38. The Kier molecular flexibility index (Phi) is 3.67. The summed E-state index contributed by atoms with van der Waals surface area (Å²) in [5.74, 6) is 0. The molecule has 0 aliphatic carbocycles. The van der Waals surface area contributed by atoms with E-state index in [9.17, 15) is 4.79 Å². The van der Waals surface area contributed by atoms with Crippen molar-refractivity contribution in [2.75, 3.05) is 24.2 Å². The SMILES string of the molecule is CN(CCn1ccccc1=O)c1ccc(N)cc1. The number of nitrogen functional groups attached to an aromatic ring is 1. The summed E-state index contributed by atoms with van der Waals surface area (Å²) < 4.78 is 1.70. The first kappa shape index (κ1) is 12.2. The van der Waals surface area contributed by atoms with Crippen LogP contribution in [0.2, 0.25) is 0 Å². The van der Waals surface area contributed by atoms with E-state index in [0.29, 0.717) is 6.54 Å². The number of aromatic nitrogens is 1. The van der Waals surface area contributed by atoms with Crippen molar-refractivity contribution in [3.63, 3.8) is 0 Å². The highest BCUT2D eigenvalue weighted by molar-refractivity contribution is 5.52. The van der Waals surface area contributed by atoms with Crippen molar-refractivity contribution in [3.05, 3.63) is 59.0 Å². The van der Waals surface area contributed by atoms with Gasteiger partial charge in [-0.25, -0.2) is 0 Å². The van der Waals surface area contributed by atoms with Crippen molar-refractivity contribution in [1.82, 2.24) is 4.57 Å². The van der Waals surface area contributed by atoms with Gasteiger partial charge >= 0.3 is 0 Å². The fourth-order valence-electron chi connectivity index (χ4n) is 1.76. The molecule has 0 amide bonds. The molecule has 0 fully saturated rings. The topological polar surface area (TPSA) is 51.3 Å². The smallest absolute Gasteiger partial charge is 0.250 e. The molecule has 2 aromatic rings. The van der Waals surface area contributed by atoms with Crippen LogP contribution in [-0.4, -0.2) is 18.2 Å². The highest BCUT2D eigenvalue weighted by Gasteiger charge is 2.01. The van der Waals surface area contributed by atoms with Gasteiger partial charge in [-0.3, -0.25) is 4.79 Å². The van der Waals surface area contributed by atoms with Gasteiger partial charge in [0.05, 0.1) is 0 Å². The second kappa shape index (κ2) is 5.40. The number of likely N-dealkylation sites (N-methyl/N-ethyl adjacent to an activating group) is 1. The Morgan fingerprint density at radius 1 is 1.17 bits per heavy atom. The minimum atomic E-state index is 0.0307. The Labute approximate surface area is 106 Å². The van der Waals surface area contributed by atoms with Gasteiger partial charge in [0.2, 0.25) is 0 Å². The average molecular weight is 243 g/mol. The van der Waals surface area contributed by atoms with Gasteiger partial charge in [-0.05, 0) is 30.3 Å². The third kappa shape index (κ3) is 2.91. The first-order chi connectivity index (χ1) is 8.66. The summed E-state index contributed by atoms with van der Waals surface area (Å²) in [4.78, 5) is 13.6. The molecule has 1 aromatic heterocycles. The molecule has 0 saturated heterocycles. The van der Waals surface area contributed by atoms with Crippen molar-refractivity contribution in [2.24, 2.45) is 0 Å². The molecule has 0 unspecified atom stereocenters. The summed E-state index contributed by atoms with van der Waals surface area (Å²) in [6, 6.07) is 12.9. The number of anilines is 2. The van der Waals surface area contributed by atoms with Crippen molar-refractivity contribution < 1.29 is 0 Å². The van der Waals surface area contributed by atoms with Gasteiger partial charge in [0.1, 0.15) is 0 Å². The van der Waals surface area contributed by atoms with E-state index in [1.807, 2.05) is 37.4 Å². The molecule has 18 heavy (non-hydrogen) atoms. The standard InChI is InChI=1S/C14H17N3O/c1-16(13-7-5-12(15)6-8-13)10-11-17-9-3-2-4-14(17)18/h2-9H,10-11,15H2,1H3. The molecule has 2 N–H and O–H groups in total. The predicted molar refractivity (Wildman–Crippen MR) is 74.8 cm³/mol. The maximum atomic E-state index is 11.5. The van der Waals surface area contributed by atoms with Gasteiger partial charge < -0.3 is 15.2 Å². The van der Waals surface area contributed by atoms with Crippen molar-refractivity contribution in [2.45, 2.75) is 6.54 Å². The summed E-state index contributed by atoms with van der Waals surface area (Å²) >= 11 is 0. The normalized spacial score (nSPS) is 10.3. The number of hydrogen-bond donors (Lipinski definition) is 1. The van der Waals surface area contributed by atoms with Gasteiger partial charge in [0, 0.05) is 43.8 Å². The molecule has 1 heterocycles. The minimum Gasteiger partial charge on any atom is -0.399 e. The predicted octanol–water partition coefficient (Wildman–Crippen LogP) is 1.57. The van der Waals surface area contributed by atoms with Crippen LogP contribution in [0.15, 0.2) is 53.5 Å². The molecular formula is C14H17N3O. The number of nitrogens with two attached hydrogens (primary N) is 1. The first-order valence-corrected chi connectivity index (χ1v) is 5.89. The first-order valence-electron chi connectivity index (χ1n) is 5.89. The maximum Gasteiger partial charge on any atom is 0.250 e. The van der Waals surface area contributed by atoms with E-state index >= 15 is 0 Å². The van der Waals surface area contributed by atoms with E-state index in [1.54, 1.807) is 22.9 Å². The van der Waals surface area contributed by atoms with E-state index in [0.717, 1.165) is 17.9 Å². The molecule has 0 aliphatic heterocycles. The summed E-state index contributed by atoms with van der Waals surface area (Å²) in [5.41, 5.74) is 7.53. The Hall–Kier alpha value is -2.23. The van der Waals surface area contributed by atoms with Crippen LogP contribution in [0.1, 0.15) is 0 Å². The molecule has 0 atom stereocenters. The van der Waals surface area contributed by atoms with Crippen molar-refractivity contribution in [1.29, 1.82) is 0 Å². The Balaban J connectivity index is 2.00. The molecule has 0 spiro atoms. The summed E-state index contributed by atoms with van der Waals surface area (Å²) in [7, 11) is 2.00. The largest absolute Gasteiger partial charge is 0.399 e. The summed E-state index contributed by atoms with van der Waals surface area (Å²) in [5, 5.41) is 0. The number of hydrogen-bond acceptors (Lipinski definition) is 3. The molecule has 2 rings (SSSR count). The lowest BCUT2D eigenvalue weighted by Crippen LogP contribution is -2.27. The zero-order valence-corrected chi connectivity index (χ0v) is 10.4. The maximum absolute atomic E-state index is 11.5. The fourth-order valence-corrected chi connectivity index (χ4v) is 1.76. The van der Waals surface area contributed by atoms with Gasteiger partial charge in [-0.1, -0.05) is 6.07 Å². The van der Waals surface area contributed by atoms with Gasteiger partial charge in [0.25, 0.3) is 5.56 Å². The van der Waals surface area contributed by atoms with Crippen LogP contribution >= 0.6 is 0 Å². The zero-order chi connectivity index (χ0) is 13.0. The number of nitrogens with zero attached hydrogens (tertiary/aromatic N) is 2. The molecule has 4 nitrogen and oxygen atoms in total. The van der Waals surface area contributed by atoms with Crippen molar-refractivity contribution in [3.8, 4) is 0 Å². The Bertz CT molecular complexity index is 560. The van der Waals surface area contributed by atoms with Gasteiger partial charge in [-0.2, -0.15) is 0 Å². The van der Waals surface area contributed by atoms with E-state index in [1.165, 1.54) is 0 Å². The second-order valence-electron chi connectivity index (χ2n) is 4.25. The molecule has 0 bridgehead atoms. The monoisotopic (exact) mass is 243 g/mol. The van der Waals surface area contributed by atoms with Crippen LogP contribution in [-0.2, 0) is 6.54 Å². The van der Waals surface area contributed by atoms with Crippen LogP contribution in [0.25, 0.3) is 0 Å². The molecule has 0 saturated carbocycles. The lowest BCUT2D eigenvalue weighted by Gasteiger charge is -2.19. The van der Waals surface area contributed by atoms with E-state index in [2.05, 4.69) is 4.90 Å². The molecule has 0 radical (unpaired) electrons. The number of pyridine rings is 1. The summed E-state index contributed by atoms with van der Waals surface area (Å²) in [6.45, 7) is 1.44. The molecule has 0 aliphatic rings. The highest BCUT2D eigenvalue weighted by atomic mass is 16.1. The third-order valence-corrected chi connectivity index (χ3v) is 2.91. The molecular weight excluding hydrogens is 226 g/mol. The Morgan fingerprint density at radius 3 is 2.56 bits per heavy atom. The molecule has 94 valence electrons. The van der Waals surface area contributed by atoms with Crippen LogP contribution in [0.5, 0.6) is 0 Å². The van der Waals surface area contributed by atoms with Gasteiger partial charge in [-0.15, -0.1) is 0 Å². The third-order valence-electron chi connectivity index (χ3n) is 2.91. The van der Waals surface area contributed by atoms with E-state index < -0.39 is 0 Å². The quantitative estimate of drug-likeness (QED) is 0.829. The lowest BCUT2D eigenvalue weighted by atomic mass is 10.2. The number of benzene rings is 1. The molecule has 4 heteroatoms. The second-order valence-corrected chi connectivity index (χ2v) is 4.25. The number of rotatable bonds is 4. The molecule has 1 aromatic carbocycles. The van der Waals surface area contributed by atoms with E-state index in [4.69, 9.17) is 5.73 Å². The minimum absolute atomic E-state index is 0.0307. The van der Waals surface area contributed by atoms with Crippen LogP contribution in [0, 0.1) is 0 Å².